The first-order valence-electron chi connectivity index (χ1n) is 13.1. The van der Waals surface area contributed by atoms with Crippen LogP contribution in [0, 0.1) is 0 Å². The van der Waals surface area contributed by atoms with Crippen LogP contribution in [0.5, 0.6) is 28.7 Å². The molecule has 0 spiro atoms. The van der Waals surface area contributed by atoms with Gasteiger partial charge in [0.15, 0.2) is 11.5 Å². The largest absolute Gasteiger partial charge is 0.506 e. The Morgan fingerprint density at radius 3 is 1.98 bits per heavy atom. The highest BCUT2D eigenvalue weighted by Gasteiger charge is 2.25. The molecule has 0 aromatic heterocycles. The molecule has 0 aliphatic rings. The van der Waals surface area contributed by atoms with Crippen molar-refractivity contribution in [3.05, 3.63) is 126 Å². The Morgan fingerprint density at radius 2 is 1.27 bits per heavy atom. The second-order valence-electron chi connectivity index (χ2n) is 9.53. The van der Waals surface area contributed by atoms with Gasteiger partial charge >= 0.3 is 5.97 Å². The first-order chi connectivity index (χ1) is 20.0. The van der Waals surface area contributed by atoms with Crippen molar-refractivity contribution in [1.29, 1.82) is 0 Å². The molecule has 0 radical (unpaired) electrons. The average Bonchev–Trinajstić information content (AvgIpc) is 3.01. The van der Waals surface area contributed by atoms with Crippen LogP contribution < -0.4 is 14.2 Å². The maximum atomic E-state index is 13.3. The maximum absolute atomic E-state index is 13.3. The van der Waals surface area contributed by atoms with E-state index in [2.05, 4.69) is 0 Å². The summed E-state index contributed by atoms with van der Waals surface area (Å²) in [6, 6.07) is 34.4. The first-order valence-corrected chi connectivity index (χ1v) is 13.1. The molecule has 6 aromatic carbocycles. The van der Waals surface area contributed by atoms with Crippen molar-refractivity contribution >= 4 is 27.5 Å². The molecule has 0 aliphatic heterocycles. The molecule has 0 saturated carbocycles. The molecular formula is C35H26O6. The van der Waals surface area contributed by atoms with Crippen LogP contribution in [0.3, 0.4) is 0 Å². The first kappa shape index (κ1) is 25.8. The molecule has 0 amide bonds. The van der Waals surface area contributed by atoms with E-state index in [9.17, 15) is 15.0 Å². The number of rotatable bonds is 7. The Morgan fingerprint density at radius 1 is 0.659 bits per heavy atom. The average molecular weight is 543 g/mol. The molecule has 0 heterocycles. The van der Waals surface area contributed by atoms with Gasteiger partial charge in [0.25, 0.3) is 0 Å². The van der Waals surface area contributed by atoms with Gasteiger partial charge in [-0.3, -0.25) is 0 Å². The van der Waals surface area contributed by atoms with Crippen LogP contribution in [0.2, 0.25) is 0 Å². The van der Waals surface area contributed by atoms with Crippen molar-refractivity contribution in [3.63, 3.8) is 0 Å². The molecule has 0 saturated heterocycles. The molecule has 6 rings (SSSR count). The summed E-state index contributed by atoms with van der Waals surface area (Å²) in [7, 11) is 1.60. The number of carbonyl (C=O) groups excluding carboxylic acids is 1. The summed E-state index contributed by atoms with van der Waals surface area (Å²) >= 11 is 0. The van der Waals surface area contributed by atoms with Crippen molar-refractivity contribution in [3.8, 4) is 39.9 Å². The number of para-hydroxylation sites is 1. The highest BCUT2D eigenvalue weighted by molar-refractivity contribution is 6.14. The van der Waals surface area contributed by atoms with Crippen LogP contribution in [0.4, 0.5) is 0 Å². The zero-order valence-corrected chi connectivity index (χ0v) is 22.2. The van der Waals surface area contributed by atoms with Gasteiger partial charge in [0.2, 0.25) is 0 Å². The molecule has 2 N–H and O–H groups in total. The number of ether oxygens (including phenoxy) is 3. The molecule has 202 valence electrons. The van der Waals surface area contributed by atoms with Crippen LogP contribution in [0.25, 0.3) is 32.7 Å². The quantitative estimate of drug-likeness (QED) is 0.158. The van der Waals surface area contributed by atoms with Gasteiger partial charge in [-0.15, -0.1) is 0 Å². The van der Waals surface area contributed by atoms with Crippen molar-refractivity contribution in [2.24, 2.45) is 0 Å². The molecule has 6 aromatic rings. The lowest BCUT2D eigenvalue weighted by atomic mass is 9.90. The summed E-state index contributed by atoms with van der Waals surface area (Å²) in [4.78, 5) is 13.3. The van der Waals surface area contributed by atoms with E-state index in [1.807, 2.05) is 78.9 Å². The van der Waals surface area contributed by atoms with E-state index in [1.54, 1.807) is 43.5 Å². The Labute approximate surface area is 236 Å². The fraction of sp³-hybridized carbons (Fsp3) is 0.0571. The number of phenols is 2. The van der Waals surface area contributed by atoms with Gasteiger partial charge in [-0.05, 0) is 63.5 Å². The topological polar surface area (TPSA) is 85.2 Å². The monoisotopic (exact) mass is 542 g/mol. The lowest BCUT2D eigenvalue weighted by Crippen LogP contribution is -2.09. The van der Waals surface area contributed by atoms with E-state index in [4.69, 9.17) is 14.2 Å². The minimum atomic E-state index is -0.713. The van der Waals surface area contributed by atoms with Crippen molar-refractivity contribution < 1.29 is 29.2 Å². The molecular weight excluding hydrogens is 516 g/mol. The molecule has 0 fully saturated rings. The van der Waals surface area contributed by atoms with Crippen LogP contribution >= 0.6 is 0 Å². The lowest BCUT2D eigenvalue weighted by molar-refractivity contribution is 0.0732. The zero-order chi connectivity index (χ0) is 28.3. The number of fused-ring (bicyclic) bond motifs is 2. The van der Waals surface area contributed by atoms with Crippen molar-refractivity contribution in [2.75, 3.05) is 7.11 Å². The highest BCUT2D eigenvalue weighted by atomic mass is 16.5. The van der Waals surface area contributed by atoms with Crippen molar-refractivity contribution in [1.82, 2.24) is 0 Å². The predicted molar refractivity (Wildman–Crippen MR) is 159 cm³/mol. The van der Waals surface area contributed by atoms with Gasteiger partial charge in [-0.2, -0.15) is 0 Å². The SMILES string of the molecule is COc1cccc(COc2cc3ccccc3c(-c3c(O)c(C(=O)Oc4ccccc4)cc4ccccc34)c2O)c1. The molecule has 0 unspecified atom stereocenters. The predicted octanol–water partition coefficient (Wildman–Crippen LogP) is 7.88. The van der Waals surface area contributed by atoms with Gasteiger partial charge in [0, 0.05) is 11.1 Å². The minimum absolute atomic E-state index is 0.0197. The minimum Gasteiger partial charge on any atom is -0.506 e. The molecule has 6 nitrogen and oxygen atoms in total. The van der Waals surface area contributed by atoms with Crippen molar-refractivity contribution in [2.45, 2.75) is 6.61 Å². The number of hydrogen-bond donors (Lipinski definition) is 2. The zero-order valence-electron chi connectivity index (χ0n) is 22.2. The van der Waals surface area contributed by atoms with Crippen LogP contribution in [0.1, 0.15) is 15.9 Å². The van der Waals surface area contributed by atoms with Crippen LogP contribution in [-0.4, -0.2) is 23.3 Å². The number of benzene rings is 6. The summed E-state index contributed by atoms with van der Waals surface area (Å²) < 4.78 is 17.0. The third kappa shape index (κ3) is 4.99. The van der Waals surface area contributed by atoms with E-state index in [-0.39, 0.29) is 29.4 Å². The standard InChI is InChI=1S/C35H26O6/c1-39-26-15-9-10-22(18-26)21-40-30-20-24-12-6-8-17-28(24)32(34(30)37)31-27-16-7-5-11-23(27)19-29(33(31)36)35(38)41-25-13-3-2-4-14-25/h2-20,36-37H,21H2,1H3. The Balaban J connectivity index is 1.53. The fourth-order valence-corrected chi connectivity index (χ4v) is 4.99. The lowest BCUT2D eigenvalue weighted by Gasteiger charge is -2.19. The normalized spacial score (nSPS) is 11.0. The number of hydrogen-bond acceptors (Lipinski definition) is 6. The number of esters is 1. The summed E-state index contributed by atoms with van der Waals surface area (Å²) in [6.45, 7) is 0.179. The Kier molecular flexibility index (Phi) is 6.88. The number of methoxy groups -OCH3 is 1. The highest BCUT2D eigenvalue weighted by Crippen LogP contribution is 2.49. The molecule has 0 atom stereocenters. The van der Waals surface area contributed by atoms with E-state index in [0.717, 1.165) is 10.9 Å². The summed E-state index contributed by atoms with van der Waals surface area (Å²) in [5.74, 6) is 0.130. The summed E-state index contributed by atoms with van der Waals surface area (Å²) in [5, 5.41) is 26.2. The molecule has 6 heteroatoms. The fourth-order valence-electron chi connectivity index (χ4n) is 4.99. The number of carbonyl (C=O) groups is 1. The molecule has 0 bridgehead atoms. The Hall–Kier alpha value is -5.49. The van der Waals surface area contributed by atoms with E-state index in [0.29, 0.717) is 38.8 Å². The Bertz CT molecular complexity index is 1900. The third-order valence-electron chi connectivity index (χ3n) is 6.96. The van der Waals surface area contributed by atoms with Gasteiger partial charge in [0.05, 0.1) is 7.11 Å². The molecule has 0 aliphatic carbocycles. The van der Waals surface area contributed by atoms with Gasteiger partial charge < -0.3 is 24.4 Å². The molecule has 41 heavy (non-hydrogen) atoms. The van der Waals surface area contributed by atoms with Gasteiger partial charge in [-0.25, -0.2) is 4.79 Å². The number of phenolic OH excluding ortho intramolecular Hbond substituents is 2. The summed E-state index contributed by atoms with van der Waals surface area (Å²) in [6.07, 6.45) is 0. The van der Waals surface area contributed by atoms with Gasteiger partial charge in [-0.1, -0.05) is 78.9 Å². The van der Waals surface area contributed by atoms with E-state index >= 15 is 0 Å². The number of aromatic hydroxyl groups is 2. The van der Waals surface area contributed by atoms with E-state index < -0.39 is 5.97 Å². The smallest absolute Gasteiger partial charge is 0.347 e. The summed E-state index contributed by atoms with van der Waals surface area (Å²) in [5.41, 5.74) is 1.50. The van der Waals surface area contributed by atoms with Crippen LogP contribution in [0.15, 0.2) is 115 Å². The third-order valence-corrected chi connectivity index (χ3v) is 6.96. The maximum Gasteiger partial charge on any atom is 0.347 e. The van der Waals surface area contributed by atoms with E-state index in [1.165, 1.54) is 0 Å². The second-order valence-corrected chi connectivity index (χ2v) is 9.53. The van der Waals surface area contributed by atoms with Crippen LogP contribution in [-0.2, 0) is 6.61 Å². The second kappa shape index (κ2) is 10.9. The van der Waals surface area contributed by atoms with Gasteiger partial charge in [0.1, 0.15) is 29.4 Å².